The molecule has 170 valence electrons. The van der Waals surface area contributed by atoms with Crippen molar-refractivity contribution in [3.63, 3.8) is 0 Å². The fourth-order valence-corrected chi connectivity index (χ4v) is 4.55. The van der Waals surface area contributed by atoms with Gasteiger partial charge in [-0.15, -0.1) is 11.3 Å². The second kappa shape index (κ2) is 10.2. The van der Waals surface area contributed by atoms with Gasteiger partial charge in [0, 0.05) is 17.9 Å². The van der Waals surface area contributed by atoms with Gasteiger partial charge in [0.05, 0.1) is 15.8 Å². The number of rotatable bonds is 6. The third-order valence-electron chi connectivity index (χ3n) is 5.21. The van der Waals surface area contributed by atoms with Crippen molar-refractivity contribution in [2.75, 3.05) is 30.0 Å². The lowest BCUT2D eigenvalue weighted by Crippen LogP contribution is -2.42. The number of carbonyl (C=O) groups is 3. The van der Waals surface area contributed by atoms with Crippen LogP contribution < -0.4 is 15.5 Å². The average molecular weight is 484 g/mol. The number of amides is 3. The van der Waals surface area contributed by atoms with Crippen molar-refractivity contribution >= 4 is 52.0 Å². The average Bonchev–Trinajstić information content (AvgIpc) is 3.25. The quantitative estimate of drug-likeness (QED) is 0.550. The van der Waals surface area contributed by atoms with E-state index < -0.39 is 6.04 Å². The molecule has 1 aliphatic rings. The number of morpholine rings is 1. The molecule has 2 heterocycles. The van der Waals surface area contributed by atoms with Crippen LogP contribution in [0.3, 0.4) is 0 Å². The maximum absolute atomic E-state index is 13.2. The Hall–Kier alpha value is -3.20. The molecule has 2 aromatic carbocycles. The minimum Gasteiger partial charge on any atom is -0.370 e. The van der Waals surface area contributed by atoms with Gasteiger partial charge in [-0.1, -0.05) is 41.9 Å². The highest BCUT2D eigenvalue weighted by molar-refractivity contribution is 7.18. The number of ether oxygens (including phenoxy) is 1. The lowest BCUT2D eigenvalue weighted by atomic mass is 10.1. The summed E-state index contributed by atoms with van der Waals surface area (Å²) >= 11 is 7.09. The first-order valence-electron chi connectivity index (χ1n) is 10.3. The van der Waals surface area contributed by atoms with Crippen LogP contribution >= 0.6 is 22.9 Å². The molecule has 2 N–H and O–H groups in total. The third-order valence-corrected chi connectivity index (χ3v) is 6.44. The van der Waals surface area contributed by atoms with Crippen LogP contribution in [0.25, 0.3) is 0 Å². The number of benzene rings is 2. The van der Waals surface area contributed by atoms with Gasteiger partial charge < -0.3 is 20.3 Å². The Labute approximate surface area is 200 Å². The van der Waals surface area contributed by atoms with Crippen LogP contribution in [0.4, 0.5) is 11.4 Å². The van der Waals surface area contributed by atoms with Crippen molar-refractivity contribution < 1.29 is 19.1 Å². The number of nitrogens with one attached hydrogen (secondary N) is 2. The monoisotopic (exact) mass is 483 g/mol. The van der Waals surface area contributed by atoms with Crippen molar-refractivity contribution in [3.05, 3.63) is 81.0 Å². The molecule has 1 saturated heterocycles. The predicted octanol–water partition coefficient (Wildman–Crippen LogP) is 4.18. The molecule has 7 nitrogen and oxygen atoms in total. The summed E-state index contributed by atoms with van der Waals surface area (Å²) < 4.78 is 5.69. The van der Waals surface area contributed by atoms with Crippen LogP contribution in [0.15, 0.2) is 60.7 Å². The summed E-state index contributed by atoms with van der Waals surface area (Å²) in [6, 6.07) is 16.7. The normalized spacial score (nSPS) is 14.6. The fourth-order valence-electron chi connectivity index (χ4n) is 3.61. The largest absolute Gasteiger partial charge is 0.370 e. The number of nitrogens with zero attached hydrogens (tertiary/aromatic N) is 1. The van der Waals surface area contributed by atoms with Crippen LogP contribution in [0, 0.1) is 6.92 Å². The summed E-state index contributed by atoms with van der Waals surface area (Å²) in [5.41, 5.74) is 2.84. The van der Waals surface area contributed by atoms with E-state index in [0.29, 0.717) is 33.6 Å². The molecule has 3 amide bonds. The van der Waals surface area contributed by atoms with Crippen molar-refractivity contribution in [2.24, 2.45) is 0 Å². The number of hydrogen-bond donors (Lipinski definition) is 2. The molecule has 0 unspecified atom stereocenters. The maximum atomic E-state index is 13.2. The molecule has 33 heavy (non-hydrogen) atoms. The molecule has 1 fully saturated rings. The minimum atomic E-state index is -0.902. The van der Waals surface area contributed by atoms with Gasteiger partial charge in [0.1, 0.15) is 12.6 Å². The van der Waals surface area contributed by atoms with E-state index in [1.165, 1.54) is 0 Å². The lowest BCUT2D eigenvalue weighted by Gasteiger charge is -2.28. The summed E-state index contributed by atoms with van der Waals surface area (Å²) in [5.74, 6) is -0.860. The number of carbonyl (C=O) groups excluding carboxylic acids is 3. The van der Waals surface area contributed by atoms with Crippen molar-refractivity contribution in [1.29, 1.82) is 0 Å². The zero-order valence-corrected chi connectivity index (χ0v) is 19.4. The standard InChI is InChI=1S/C24H22ClN3O4S/c1-15-13-17(7-8-18(15)28-11-12-32-14-21(28)29)26-24(31)22(16-5-3-2-4-6-16)27-23(30)19-9-10-20(25)33-19/h2-10,13,22H,11-12,14H2,1H3,(H,26,31)(H,27,30)/t22-/m0/s1. The molecule has 0 radical (unpaired) electrons. The van der Waals surface area contributed by atoms with E-state index in [1.54, 1.807) is 47.4 Å². The van der Waals surface area contributed by atoms with Crippen LogP contribution in [0.5, 0.6) is 0 Å². The molecule has 0 bridgehead atoms. The van der Waals surface area contributed by atoms with Crippen LogP contribution in [0.2, 0.25) is 4.34 Å². The summed E-state index contributed by atoms with van der Waals surface area (Å²) in [6.07, 6.45) is 0. The summed E-state index contributed by atoms with van der Waals surface area (Å²) in [6.45, 7) is 2.91. The molecule has 0 aliphatic carbocycles. The molecule has 1 aromatic heterocycles. The molecule has 3 aromatic rings. The second-order valence-electron chi connectivity index (χ2n) is 7.51. The highest BCUT2D eigenvalue weighted by Gasteiger charge is 2.25. The Kier molecular flexibility index (Phi) is 7.08. The zero-order valence-electron chi connectivity index (χ0n) is 17.8. The molecule has 1 atom stereocenters. The molecule has 1 aliphatic heterocycles. The Bertz CT molecular complexity index is 1180. The number of halogens is 1. The van der Waals surface area contributed by atoms with E-state index in [2.05, 4.69) is 10.6 Å². The smallest absolute Gasteiger partial charge is 0.262 e. The highest BCUT2D eigenvalue weighted by Crippen LogP contribution is 2.26. The molecular weight excluding hydrogens is 462 g/mol. The molecule has 4 rings (SSSR count). The number of anilines is 2. The van der Waals surface area contributed by atoms with Gasteiger partial charge in [0.15, 0.2) is 0 Å². The van der Waals surface area contributed by atoms with Gasteiger partial charge in [-0.2, -0.15) is 0 Å². The summed E-state index contributed by atoms with van der Waals surface area (Å²) in [4.78, 5) is 40.2. The molecule has 0 spiro atoms. The van der Waals surface area contributed by atoms with Crippen LogP contribution in [0.1, 0.15) is 26.8 Å². The van der Waals surface area contributed by atoms with Crippen LogP contribution in [-0.4, -0.2) is 37.5 Å². The van der Waals surface area contributed by atoms with Crippen molar-refractivity contribution in [1.82, 2.24) is 5.32 Å². The predicted molar refractivity (Wildman–Crippen MR) is 129 cm³/mol. The van der Waals surface area contributed by atoms with Gasteiger partial charge in [-0.25, -0.2) is 0 Å². The first kappa shape index (κ1) is 23.0. The summed E-state index contributed by atoms with van der Waals surface area (Å²) in [7, 11) is 0. The van der Waals surface area contributed by atoms with Crippen molar-refractivity contribution in [3.8, 4) is 0 Å². The third kappa shape index (κ3) is 5.42. The van der Waals surface area contributed by atoms with E-state index in [-0.39, 0.29) is 24.3 Å². The van der Waals surface area contributed by atoms with E-state index in [1.807, 2.05) is 25.1 Å². The van der Waals surface area contributed by atoms with E-state index in [9.17, 15) is 14.4 Å². The molecule has 0 saturated carbocycles. The Morgan fingerprint density at radius 1 is 1.12 bits per heavy atom. The molecular formula is C24H22ClN3O4S. The lowest BCUT2D eigenvalue weighted by molar-refractivity contribution is -0.125. The highest BCUT2D eigenvalue weighted by atomic mass is 35.5. The SMILES string of the molecule is Cc1cc(NC(=O)[C@@H](NC(=O)c2ccc(Cl)s2)c2ccccc2)ccc1N1CCOCC1=O. The fraction of sp³-hybridized carbons (Fsp3) is 0.208. The van der Waals surface area contributed by atoms with Gasteiger partial charge in [0.25, 0.3) is 17.7 Å². The minimum absolute atomic E-state index is 0.0613. The maximum Gasteiger partial charge on any atom is 0.262 e. The molecule has 9 heteroatoms. The number of aryl methyl sites for hydroxylation is 1. The van der Waals surface area contributed by atoms with Crippen LogP contribution in [-0.2, 0) is 14.3 Å². The van der Waals surface area contributed by atoms with Gasteiger partial charge in [-0.05, 0) is 48.4 Å². The second-order valence-corrected chi connectivity index (χ2v) is 9.22. The van der Waals surface area contributed by atoms with E-state index in [4.69, 9.17) is 16.3 Å². The first-order chi connectivity index (χ1) is 15.9. The van der Waals surface area contributed by atoms with Crippen molar-refractivity contribution in [2.45, 2.75) is 13.0 Å². The van der Waals surface area contributed by atoms with Gasteiger partial charge in [0.2, 0.25) is 0 Å². The van der Waals surface area contributed by atoms with Gasteiger partial charge >= 0.3 is 0 Å². The summed E-state index contributed by atoms with van der Waals surface area (Å²) in [5, 5.41) is 5.68. The topological polar surface area (TPSA) is 87.7 Å². The van der Waals surface area contributed by atoms with E-state index >= 15 is 0 Å². The Morgan fingerprint density at radius 3 is 2.58 bits per heavy atom. The number of hydrogen-bond acceptors (Lipinski definition) is 5. The zero-order chi connectivity index (χ0) is 23.4. The number of thiophene rings is 1. The Morgan fingerprint density at radius 2 is 1.91 bits per heavy atom. The first-order valence-corrected chi connectivity index (χ1v) is 11.5. The Balaban J connectivity index is 1.53. The van der Waals surface area contributed by atoms with Gasteiger partial charge in [-0.3, -0.25) is 14.4 Å². The van der Waals surface area contributed by atoms with E-state index in [0.717, 1.165) is 22.6 Å².